The first-order valence-corrected chi connectivity index (χ1v) is 5.94. The van der Waals surface area contributed by atoms with Crippen molar-refractivity contribution >= 4 is 12.1 Å². The average molecular weight is 235 g/mol. The van der Waals surface area contributed by atoms with Gasteiger partial charge in [0.2, 0.25) is 5.91 Å². The summed E-state index contributed by atoms with van der Waals surface area (Å²) < 4.78 is 0. The van der Waals surface area contributed by atoms with E-state index in [1.165, 1.54) is 0 Å². The van der Waals surface area contributed by atoms with Crippen LogP contribution in [0, 0.1) is 5.92 Å². The van der Waals surface area contributed by atoms with Crippen LogP contribution in [0.2, 0.25) is 0 Å². The van der Waals surface area contributed by atoms with Gasteiger partial charge < -0.3 is 5.32 Å². The molecule has 1 N–H and O–H groups in total. The first-order valence-electron chi connectivity index (χ1n) is 5.94. The molecule has 0 saturated carbocycles. The van der Waals surface area contributed by atoms with Gasteiger partial charge in [-0.3, -0.25) is 14.7 Å². The Hall–Kier alpha value is -1.42. The summed E-state index contributed by atoms with van der Waals surface area (Å²) in [7, 11) is 0. The lowest BCUT2D eigenvalue weighted by Crippen LogP contribution is -2.48. The van der Waals surface area contributed by atoms with E-state index in [4.69, 9.17) is 0 Å². The van der Waals surface area contributed by atoms with E-state index >= 15 is 0 Å². The third-order valence-corrected chi connectivity index (χ3v) is 2.56. The van der Waals surface area contributed by atoms with Gasteiger partial charge in [-0.2, -0.15) is 0 Å². The maximum Gasteiger partial charge on any atom is 0.234 e. The number of hydrogen-bond acceptors (Lipinski definition) is 3. The van der Waals surface area contributed by atoms with E-state index in [0.717, 1.165) is 25.3 Å². The highest BCUT2D eigenvalue weighted by Gasteiger charge is 2.16. The van der Waals surface area contributed by atoms with Crippen LogP contribution in [0.15, 0.2) is 29.4 Å². The van der Waals surface area contributed by atoms with Gasteiger partial charge in [-0.15, -0.1) is 0 Å². The maximum atomic E-state index is 11.2. The molecule has 1 amide bonds. The number of carbonyl (C=O) groups is 1. The number of amides is 1. The van der Waals surface area contributed by atoms with Crippen molar-refractivity contribution in [3.05, 3.63) is 24.4 Å². The molecule has 1 aliphatic heterocycles. The van der Waals surface area contributed by atoms with Crippen molar-refractivity contribution in [1.82, 2.24) is 10.2 Å². The molecule has 1 heterocycles. The largest absolute Gasteiger partial charge is 0.354 e. The van der Waals surface area contributed by atoms with Crippen LogP contribution in [0.25, 0.3) is 0 Å². The standard InChI is InChI=1S/C13H21N3O/c1-4-5-12(3)15-8-11(2)9-16-7-6-14-13(17)10-16/h4-5,8,11H,1,6-7,9-10H2,2-3H3,(H,14,17)/b12-5-,15-8?. The molecule has 17 heavy (non-hydrogen) atoms. The summed E-state index contributed by atoms with van der Waals surface area (Å²) in [4.78, 5) is 17.7. The zero-order valence-corrected chi connectivity index (χ0v) is 10.6. The van der Waals surface area contributed by atoms with Gasteiger partial charge in [-0.05, 0) is 13.0 Å². The molecule has 4 heteroatoms. The Bertz CT molecular complexity index is 334. The fourth-order valence-corrected chi connectivity index (χ4v) is 1.76. The van der Waals surface area contributed by atoms with Gasteiger partial charge in [-0.1, -0.05) is 19.6 Å². The molecule has 1 fully saturated rings. The van der Waals surface area contributed by atoms with Gasteiger partial charge in [0.15, 0.2) is 0 Å². The number of hydrogen-bond donors (Lipinski definition) is 1. The molecule has 94 valence electrons. The van der Waals surface area contributed by atoms with Crippen molar-refractivity contribution in [3.63, 3.8) is 0 Å². The summed E-state index contributed by atoms with van der Waals surface area (Å²) in [6, 6.07) is 0. The fourth-order valence-electron chi connectivity index (χ4n) is 1.76. The smallest absolute Gasteiger partial charge is 0.234 e. The summed E-state index contributed by atoms with van der Waals surface area (Å²) >= 11 is 0. The van der Waals surface area contributed by atoms with Gasteiger partial charge >= 0.3 is 0 Å². The van der Waals surface area contributed by atoms with E-state index in [1.54, 1.807) is 6.08 Å². The molecule has 0 aromatic rings. The average Bonchev–Trinajstić information content (AvgIpc) is 2.27. The molecule has 0 aromatic carbocycles. The second-order valence-corrected chi connectivity index (χ2v) is 4.38. The Morgan fingerprint density at radius 3 is 3.12 bits per heavy atom. The maximum absolute atomic E-state index is 11.2. The topological polar surface area (TPSA) is 44.7 Å². The molecule has 0 spiro atoms. The van der Waals surface area contributed by atoms with E-state index < -0.39 is 0 Å². The minimum atomic E-state index is 0.114. The van der Waals surface area contributed by atoms with Crippen molar-refractivity contribution in [3.8, 4) is 0 Å². The normalized spacial score (nSPS) is 20.4. The molecule has 1 aliphatic rings. The molecule has 0 radical (unpaired) electrons. The number of rotatable bonds is 5. The monoisotopic (exact) mass is 235 g/mol. The quantitative estimate of drug-likeness (QED) is 0.575. The van der Waals surface area contributed by atoms with Gasteiger partial charge in [-0.25, -0.2) is 0 Å². The minimum Gasteiger partial charge on any atom is -0.354 e. The lowest BCUT2D eigenvalue weighted by Gasteiger charge is -2.27. The van der Waals surface area contributed by atoms with Crippen molar-refractivity contribution in [2.45, 2.75) is 13.8 Å². The first kappa shape index (κ1) is 13.6. The Morgan fingerprint density at radius 2 is 2.47 bits per heavy atom. The van der Waals surface area contributed by atoms with Crippen LogP contribution in [0.1, 0.15) is 13.8 Å². The van der Waals surface area contributed by atoms with E-state index in [0.29, 0.717) is 12.5 Å². The van der Waals surface area contributed by atoms with Crippen molar-refractivity contribution < 1.29 is 4.79 Å². The number of nitrogens with zero attached hydrogens (tertiary/aromatic N) is 2. The molecule has 4 nitrogen and oxygen atoms in total. The molecule has 0 aliphatic carbocycles. The highest BCUT2D eigenvalue weighted by atomic mass is 16.2. The van der Waals surface area contributed by atoms with Crippen LogP contribution in [0.3, 0.4) is 0 Å². The molecule has 1 atom stereocenters. The summed E-state index contributed by atoms with van der Waals surface area (Å²) in [5, 5.41) is 2.82. The highest BCUT2D eigenvalue weighted by molar-refractivity contribution is 5.78. The lowest BCUT2D eigenvalue weighted by molar-refractivity contribution is -0.124. The van der Waals surface area contributed by atoms with E-state index in [1.807, 2.05) is 19.2 Å². The first-order chi connectivity index (χ1) is 8.11. The Labute approximate surface area is 103 Å². The summed E-state index contributed by atoms with van der Waals surface area (Å²) in [5.74, 6) is 0.456. The minimum absolute atomic E-state index is 0.114. The third kappa shape index (κ3) is 5.45. The van der Waals surface area contributed by atoms with E-state index in [9.17, 15) is 4.79 Å². The van der Waals surface area contributed by atoms with E-state index in [-0.39, 0.29) is 5.91 Å². The summed E-state index contributed by atoms with van der Waals surface area (Å²) in [6.07, 6.45) is 5.53. The van der Waals surface area contributed by atoms with Crippen molar-refractivity contribution in [1.29, 1.82) is 0 Å². The Morgan fingerprint density at radius 1 is 1.71 bits per heavy atom. The number of aliphatic imine (C=N–C) groups is 1. The number of allylic oxidation sites excluding steroid dienone is 3. The van der Waals surface area contributed by atoms with Crippen molar-refractivity contribution in [2.24, 2.45) is 10.9 Å². The van der Waals surface area contributed by atoms with Crippen LogP contribution in [-0.2, 0) is 4.79 Å². The number of nitrogens with one attached hydrogen (secondary N) is 1. The van der Waals surface area contributed by atoms with Gasteiger partial charge in [0, 0.05) is 37.5 Å². The summed E-state index contributed by atoms with van der Waals surface area (Å²) in [6.45, 7) is 10.7. The lowest BCUT2D eigenvalue weighted by atomic mass is 10.2. The van der Waals surface area contributed by atoms with E-state index in [2.05, 4.69) is 28.7 Å². The molecular weight excluding hydrogens is 214 g/mol. The fraction of sp³-hybridized carbons (Fsp3) is 0.538. The number of piperazine rings is 1. The van der Waals surface area contributed by atoms with Crippen LogP contribution < -0.4 is 5.32 Å². The number of carbonyl (C=O) groups excluding carboxylic acids is 1. The predicted molar refractivity (Wildman–Crippen MR) is 71.1 cm³/mol. The van der Waals surface area contributed by atoms with Crippen LogP contribution in [0.5, 0.6) is 0 Å². The molecular formula is C13H21N3O. The van der Waals surface area contributed by atoms with Gasteiger partial charge in [0.25, 0.3) is 0 Å². The SMILES string of the molecule is C=C/C=C(/C)N=CC(C)CN1CCNC(=O)C1. The third-order valence-electron chi connectivity index (χ3n) is 2.56. The van der Waals surface area contributed by atoms with Gasteiger partial charge in [0.1, 0.15) is 0 Å². The molecule has 0 aromatic heterocycles. The highest BCUT2D eigenvalue weighted by Crippen LogP contribution is 2.02. The summed E-state index contributed by atoms with van der Waals surface area (Å²) in [5.41, 5.74) is 0.947. The molecule has 0 bridgehead atoms. The predicted octanol–water partition coefficient (Wildman–Crippen LogP) is 1.21. The zero-order chi connectivity index (χ0) is 12.7. The Balaban J connectivity index is 2.38. The second-order valence-electron chi connectivity index (χ2n) is 4.38. The second kappa shape index (κ2) is 7.01. The Kier molecular flexibility index (Phi) is 5.63. The molecule has 1 rings (SSSR count). The van der Waals surface area contributed by atoms with Crippen LogP contribution >= 0.6 is 0 Å². The van der Waals surface area contributed by atoms with Crippen LogP contribution in [0.4, 0.5) is 0 Å². The zero-order valence-electron chi connectivity index (χ0n) is 10.6. The molecule has 1 unspecified atom stereocenters. The van der Waals surface area contributed by atoms with Crippen LogP contribution in [-0.4, -0.2) is 43.2 Å². The van der Waals surface area contributed by atoms with Gasteiger partial charge in [0.05, 0.1) is 6.54 Å². The van der Waals surface area contributed by atoms with Crippen molar-refractivity contribution in [2.75, 3.05) is 26.2 Å². The molecule has 1 saturated heterocycles.